The number of nitrogens with zero attached hydrogens (tertiary/aromatic N) is 5. The van der Waals surface area contributed by atoms with E-state index in [0.29, 0.717) is 18.9 Å². The second-order valence-electron chi connectivity index (χ2n) is 6.82. The van der Waals surface area contributed by atoms with Gasteiger partial charge in [-0.05, 0) is 31.0 Å². The summed E-state index contributed by atoms with van der Waals surface area (Å²) in [4.78, 5) is 23.8. The summed E-state index contributed by atoms with van der Waals surface area (Å²) in [5, 5.41) is 4.41. The van der Waals surface area contributed by atoms with Gasteiger partial charge >= 0.3 is 0 Å². The van der Waals surface area contributed by atoms with E-state index in [-0.39, 0.29) is 11.7 Å². The van der Waals surface area contributed by atoms with E-state index < -0.39 is 0 Å². The number of carbonyl (C=O) groups is 1. The number of rotatable bonds is 5. The zero-order valence-corrected chi connectivity index (χ0v) is 15.9. The molecule has 0 aliphatic carbocycles. The molecule has 0 spiro atoms. The Kier molecular flexibility index (Phi) is 4.85. The Morgan fingerprint density at radius 1 is 0.893 bits per heavy atom. The molecule has 0 radical (unpaired) electrons. The summed E-state index contributed by atoms with van der Waals surface area (Å²) in [6.45, 7) is 4.79. The number of aryl methyl sites for hydroxylation is 2. The van der Waals surface area contributed by atoms with Crippen LogP contribution in [0.4, 0.5) is 0 Å². The highest BCUT2D eigenvalue weighted by Gasteiger charge is 2.22. The number of hydrogen-bond donors (Lipinski definition) is 0. The molecular formula is C22H21N5O. The molecule has 0 fully saturated rings. The first kappa shape index (κ1) is 17.9. The van der Waals surface area contributed by atoms with E-state index in [0.717, 1.165) is 22.5 Å². The number of benzene rings is 2. The molecule has 0 aliphatic rings. The lowest BCUT2D eigenvalue weighted by Crippen LogP contribution is -2.31. The summed E-state index contributed by atoms with van der Waals surface area (Å²) >= 11 is 0. The van der Waals surface area contributed by atoms with Crippen LogP contribution in [0.25, 0.3) is 5.78 Å². The summed E-state index contributed by atoms with van der Waals surface area (Å²) in [5.74, 6) is 0.392. The van der Waals surface area contributed by atoms with Gasteiger partial charge in [0.05, 0.1) is 0 Å². The highest BCUT2D eigenvalue weighted by Crippen LogP contribution is 2.14. The summed E-state index contributed by atoms with van der Waals surface area (Å²) in [7, 11) is 0. The Morgan fingerprint density at radius 3 is 2.04 bits per heavy atom. The first-order valence-corrected chi connectivity index (χ1v) is 9.18. The molecule has 6 heteroatoms. The maximum absolute atomic E-state index is 13.3. The summed E-state index contributed by atoms with van der Waals surface area (Å²) in [6, 6.07) is 21.8. The van der Waals surface area contributed by atoms with Crippen LogP contribution >= 0.6 is 0 Å². The molecule has 4 aromatic rings. The average molecular weight is 371 g/mol. The fourth-order valence-corrected chi connectivity index (χ4v) is 3.21. The molecule has 1 amide bonds. The first-order valence-electron chi connectivity index (χ1n) is 9.18. The molecule has 28 heavy (non-hydrogen) atoms. The van der Waals surface area contributed by atoms with Gasteiger partial charge in [-0.1, -0.05) is 60.7 Å². The third kappa shape index (κ3) is 3.76. The lowest BCUT2D eigenvalue weighted by molar-refractivity contribution is 0.0718. The van der Waals surface area contributed by atoms with Gasteiger partial charge in [0.1, 0.15) is 0 Å². The Balaban J connectivity index is 1.68. The lowest BCUT2D eigenvalue weighted by atomic mass is 10.1. The van der Waals surface area contributed by atoms with Gasteiger partial charge in [0.15, 0.2) is 0 Å². The third-order valence-electron chi connectivity index (χ3n) is 4.53. The Bertz CT molecular complexity index is 1060. The zero-order chi connectivity index (χ0) is 19.5. The predicted molar refractivity (Wildman–Crippen MR) is 107 cm³/mol. The fourth-order valence-electron chi connectivity index (χ4n) is 3.21. The summed E-state index contributed by atoms with van der Waals surface area (Å²) < 4.78 is 1.61. The maximum Gasteiger partial charge on any atom is 0.294 e. The van der Waals surface area contributed by atoms with Crippen molar-refractivity contribution >= 4 is 11.7 Å². The summed E-state index contributed by atoms with van der Waals surface area (Å²) in [5.41, 5.74) is 3.86. The van der Waals surface area contributed by atoms with Gasteiger partial charge in [-0.2, -0.15) is 4.98 Å². The second kappa shape index (κ2) is 7.60. The fraction of sp³-hybridized carbons (Fsp3) is 0.182. The molecule has 4 rings (SSSR count). The molecule has 6 nitrogen and oxygen atoms in total. The number of aromatic nitrogens is 4. The van der Waals surface area contributed by atoms with Crippen molar-refractivity contribution in [3.8, 4) is 0 Å². The molecule has 0 saturated heterocycles. The number of hydrogen-bond acceptors (Lipinski definition) is 4. The van der Waals surface area contributed by atoms with Crippen LogP contribution in [0.3, 0.4) is 0 Å². The van der Waals surface area contributed by atoms with Gasteiger partial charge in [-0.25, -0.2) is 9.50 Å². The van der Waals surface area contributed by atoms with Crippen LogP contribution < -0.4 is 0 Å². The zero-order valence-electron chi connectivity index (χ0n) is 15.9. The monoisotopic (exact) mass is 371 g/mol. The van der Waals surface area contributed by atoms with Crippen molar-refractivity contribution in [1.82, 2.24) is 24.5 Å². The quantitative estimate of drug-likeness (QED) is 0.538. The van der Waals surface area contributed by atoms with Gasteiger partial charge in [-0.3, -0.25) is 4.79 Å². The third-order valence-corrected chi connectivity index (χ3v) is 4.53. The molecule has 0 aliphatic heterocycles. The number of carbonyl (C=O) groups excluding carboxylic acids is 1. The molecule has 0 unspecified atom stereocenters. The predicted octanol–water partition coefficient (Wildman–Crippen LogP) is 3.58. The minimum absolute atomic E-state index is 0.160. The topological polar surface area (TPSA) is 63.4 Å². The number of fused-ring (bicyclic) bond motifs is 1. The van der Waals surface area contributed by atoms with Crippen LogP contribution in [-0.2, 0) is 13.1 Å². The van der Waals surface area contributed by atoms with Gasteiger partial charge in [0, 0.05) is 24.5 Å². The highest BCUT2D eigenvalue weighted by atomic mass is 16.2. The van der Waals surface area contributed by atoms with E-state index in [1.807, 2.05) is 80.6 Å². The van der Waals surface area contributed by atoms with Crippen LogP contribution in [0.2, 0.25) is 0 Å². The Morgan fingerprint density at radius 2 is 1.46 bits per heavy atom. The number of amides is 1. The van der Waals surface area contributed by atoms with Gasteiger partial charge in [0.2, 0.25) is 5.82 Å². The Hall–Kier alpha value is -3.54. The van der Waals surface area contributed by atoms with E-state index in [4.69, 9.17) is 0 Å². The maximum atomic E-state index is 13.3. The first-order chi connectivity index (χ1) is 13.6. The molecule has 2 heterocycles. The Labute approximate surface area is 163 Å². The molecule has 0 saturated carbocycles. The smallest absolute Gasteiger partial charge is 0.294 e. The van der Waals surface area contributed by atoms with Crippen molar-refractivity contribution in [2.24, 2.45) is 0 Å². The largest absolute Gasteiger partial charge is 0.327 e. The van der Waals surface area contributed by atoms with Crippen molar-refractivity contribution in [2.45, 2.75) is 26.9 Å². The minimum atomic E-state index is -0.213. The molecular weight excluding hydrogens is 350 g/mol. The van der Waals surface area contributed by atoms with Gasteiger partial charge in [-0.15, -0.1) is 5.10 Å². The van der Waals surface area contributed by atoms with Crippen LogP contribution in [0.15, 0.2) is 66.7 Å². The van der Waals surface area contributed by atoms with Gasteiger partial charge in [0.25, 0.3) is 11.7 Å². The minimum Gasteiger partial charge on any atom is -0.327 e. The van der Waals surface area contributed by atoms with Gasteiger partial charge < -0.3 is 4.90 Å². The lowest BCUT2D eigenvalue weighted by Gasteiger charge is -2.21. The summed E-state index contributed by atoms with van der Waals surface area (Å²) in [6.07, 6.45) is 0. The van der Waals surface area contributed by atoms with Crippen molar-refractivity contribution in [2.75, 3.05) is 0 Å². The molecule has 0 N–H and O–H groups in total. The molecule has 0 atom stereocenters. The van der Waals surface area contributed by atoms with Crippen molar-refractivity contribution in [3.05, 3.63) is 95.1 Å². The molecule has 2 aromatic heterocycles. The van der Waals surface area contributed by atoms with E-state index in [1.54, 1.807) is 9.42 Å². The second-order valence-corrected chi connectivity index (χ2v) is 6.82. The van der Waals surface area contributed by atoms with E-state index in [1.165, 1.54) is 0 Å². The molecule has 2 aromatic carbocycles. The highest BCUT2D eigenvalue weighted by molar-refractivity contribution is 5.90. The van der Waals surface area contributed by atoms with E-state index >= 15 is 0 Å². The van der Waals surface area contributed by atoms with Crippen molar-refractivity contribution in [1.29, 1.82) is 0 Å². The standard InChI is InChI=1S/C22H21N5O/c1-16-13-17(2)27-22(23-16)24-20(25-27)21(28)26(14-18-9-5-3-6-10-18)15-19-11-7-4-8-12-19/h3-13H,14-15H2,1-2H3. The molecule has 0 bridgehead atoms. The van der Waals surface area contributed by atoms with Crippen LogP contribution in [0.5, 0.6) is 0 Å². The van der Waals surface area contributed by atoms with Crippen LogP contribution in [0, 0.1) is 13.8 Å². The van der Waals surface area contributed by atoms with Crippen LogP contribution in [-0.4, -0.2) is 30.4 Å². The van der Waals surface area contributed by atoms with Crippen molar-refractivity contribution < 1.29 is 4.79 Å². The van der Waals surface area contributed by atoms with Crippen LogP contribution in [0.1, 0.15) is 33.1 Å². The molecule has 140 valence electrons. The average Bonchev–Trinajstić information content (AvgIpc) is 3.13. The van der Waals surface area contributed by atoms with E-state index in [9.17, 15) is 4.79 Å². The van der Waals surface area contributed by atoms with Crippen molar-refractivity contribution in [3.63, 3.8) is 0 Å². The van der Waals surface area contributed by atoms with E-state index in [2.05, 4.69) is 15.1 Å². The normalized spacial score (nSPS) is 10.9. The SMILES string of the molecule is Cc1cc(C)n2nc(C(=O)N(Cc3ccccc3)Cc3ccccc3)nc2n1.